The number of hydrogen-bond acceptors (Lipinski definition) is 4. The Bertz CT molecular complexity index is 952. The van der Waals surface area contributed by atoms with Gasteiger partial charge in [-0.05, 0) is 42.7 Å². The van der Waals surface area contributed by atoms with Gasteiger partial charge in [-0.1, -0.05) is 24.3 Å². The fourth-order valence-corrected chi connectivity index (χ4v) is 3.40. The van der Waals surface area contributed by atoms with Gasteiger partial charge in [0.2, 0.25) is 5.91 Å². The molecule has 2 heterocycles. The van der Waals surface area contributed by atoms with E-state index in [2.05, 4.69) is 15.3 Å². The maximum absolute atomic E-state index is 13.0. The number of aromatic nitrogens is 2. The van der Waals surface area contributed by atoms with Crippen LogP contribution in [0.4, 0.5) is 10.2 Å². The topological polar surface area (TPSA) is 58.1 Å². The van der Waals surface area contributed by atoms with E-state index in [4.69, 9.17) is 0 Å². The molecule has 1 atom stereocenters. The number of aryl methyl sites for hydroxylation is 1. The molecule has 0 bridgehead atoms. The standard InChI is InChI=1S/C20H19FN4O/c1-13-3-2-4-16-18(13)19(23-12-22-16)24-17-9-10-25(20(17)26)11-14-5-7-15(21)8-6-14/h2-8,12,17H,9-11H2,1H3,(H,22,23,24). The first-order chi connectivity index (χ1) is 12.6. The van der Waals surface area contributed by atoms with Gasteiger partial charge < -0.3 is 10.2 Å². The highest BCUT2D eigenvalue weighted by molar-refractivity contribution is 5.94. The van der Waals surface area contributed by atoms with Gasteiger partial charge in [-0.25, -0.2) is 14.4 Å². The van der Waals surface area contributed by atoms with Crippen LogP contribution in [0.15, 0.2) is 48.8 Å². The highest BCUT2D eigenvalue weighted by atomic mass is 19.1. The predicted molar refractivity (Wildman–Crippen MR) is 98.1 cm³/mol. The Hall–Kier alpha value is -3.02. The number of carbonyl (C=O) groups is 1. The molecule has 2 aromatic carbocycles. The average Bonchev–Trinajstić information content (AvgIpc) is 2.97. The lowest BCUT2D eigenvalue weighted by molar-refractivity contribution is -0.128. The molecule has 0 saturated carbocycles. The molecule has 26 heavy (non-hydrogen) atoms. The highest BCUT2D eigenvalue weighted by Gasteiger charge is 2.32. The SMILES string of the molecule is Cc1cccc2ncnc(NC3CCN(Cc4ccc(F)cc4)C3=O)c12. The number of nitrogens with zero attached hydrogens (tertiary/aromatic N) is 3. The number of carbonyl (C=O) groups excluding carboxylic acids is 1. The van der Waals surface area contributed by atoms with E-state index >= 15 is 0 Å². The van der Waals surface area contributed by atoms with Crippen LogP contribution in [0.5, 0.6) is 0 Å². The summed E-state index contributed by atoms with van der Waals surface area (Å²) in [5.41, 5.74) is 2.85. The third-order valence-electron chi connectivity index (χ3n) is 4.77. The first-order valence-electron chi connectivity index (χ1n) is 8.62. The Balaban J connectivity index is 1.52. The van der Waals surface area contributed by atoms with Crippen molar-refractivity contribution >= 4 is 22.6 Å². The van der Waals surface area contributed by atoms with Crippen LogP contribution in [0.3, 0.4) is 0 Å². The van der Waals surface area contributed by atoms with Crippen molar-refractivity contribution < 1.29 is 9.18 Å². The van der Waals surface area contributed by atoms with Gasteiger partial charge in [0, 0.05) is 18.5 Å². The Labute approximate surface area is 150 Å². The lowest BCUT2D eigenvalue weighted by Crippen LogP contribution is -2.33. The molecule has 6 heteroatoms. The monoisotopic (exact) mass is 350 g/mol. The van der Waals surface area contributed by atoms with Crippen LogP contribution < -0.4 is 5.32 Å². The molecule has 3 aromatic rings. The zero-order chi connectivity index (χ0) is 18.1. The average molecular weight is 350 g/mol. The second-order valence-electron chi connectivity index (χ2n) is 6.56. The number of amides is 1. The molecular weight excluding hydrogens is 331 g/mol. The van der Waals surface area contributed by atoms with Crippen molar-refractivity contribution in [2.45, 2.75) is 25.9 Å². The van der Waals surface area contributed by atoms with Crippen molar-refractivity contribution in [2.75, 3.05) is 11.9 Å². The van der Waals surface area contributed by atoms with Crippen molar-refractivity contribution in [3.05, 3.63) is 65.7 Å². The molecule has 1 aromatic heterocycles. The van der Waals surface area contributed by atoms with Crippen molar-refractivity contribution in [3.8, 4) is 0 Å². The fourth-order valence-electron chi connectivity index (χ4n) is 3.40. The summed E-state index contributed by atoms with van der Waals surface area (Å²) in [5, 5.41) is 4.24. The van der Waals surface area contributed by atoms with Gasteiger partial charge in [0.1, 0.15) is 24.0 Å². The summed E-state index contributed by atoms with van der Waals surface area (Å²) in [7, 11) is 0. The van der Waals surface area contributed by atoms with Gasteiger partial charge in [0.25, 0.3) is 0 Å². The van der Waals surface area contributed by atoms with Crippen molar-refractivity contribution in [1.82, 2.24) is 14.9 Å². The van der Waals surface area contributed by atoms with Gasteiger partial charge in [0.05, 0.1) is 5.52 Å². The molecule has 0 aliphatic carbocycles. The predicted octanol–water partition coefficient (Wildman–Crippen LogP) is 3.29. The minimum absolute atomic E-state index is 0.0367. The minimum atomic E-state index is -0.312. The van der Waals surface area contributed by atoms with Crippen molar-refractivity contribution in [3.63, 3.8) is 0 Å². The number of benzene rings is 2. The molecule has 0 spiro atoms. The molecular formula is C20H19FN4O. The lowest BCUT2D eigenvalue weighted by atomic mass is 10.1. The van der Waals surface area contributed by atoms with E-state index in [1.807, 2.05) is 25.1 Å². The van der Waals surface area contributed by atoms with E-state index in [9.17, 15) is 9.18 Å². The molecule has 5 nitrogen and oxygen atoms in total. The van der Waals surface area contributed by atoms with Gasteiger partial charge >= 0.3 is 0 Å². The summed E-state index contributed by atoms with van der Waals surface area (Å²) in [4.78, 5) is 23.2. The first-order valence-corrected chi connectivity index (χ1v) is 8.62. The maximum atomic E-state index is 13.0. The van der Waals surface area contributed by atoms with E-state index in [0.29, 0.717) is 25.3 Å². The van der Waals surface area contributed by atoms with Crippen LogP contribution in [-0.2, 0) is 11.3 Å². The summed E-state index contributed by atoms with van der Waals surface area (Å²) in [6, 6.07) is 11.9. The van der Waals surface area contributed by atoms with Crippen LogP contribution in [0.1, 0.15) is 17.5 Å². The van der Waals surface area contributed by atoms with E-state index in [1.165, 1.54) is 18.5 Å². The van der Waals surface area contributed by atoms with Gasteiger partial charge in [-0.2, -0.15) is 0 Å². The van der Waals surface area contributed by atoms with Crippen molar-refractivity contribution in [1.29, 1.82) is 0 Å². The second kappa shape index (κ2) is 6.71. The molecule has 4 rings (SSSR count). The molecule has 1 N–H and O–H groups in total. The number of likely N-dealkylation sites (tertiary alicyclic amines) is 1. The maximum Gasteiger partial charge on any atom is 0.245 e. The third-order valence-corrected chi connectivity index (χ3v) is 4.77. The van der Waals surface area contributed by atoms with E-state index in [1.54, 1.807) is 17.0 Å². The van der Waals surface area contributed by atoms with Gasteiger partial charge in [0.15, 0.2) is 0 Å². The number of halogens is 1. The molecule has 1 fully saturated rings. The lowest BCUT2D eigenvalue weighted by Gasteiger charge is -2.18. The summed E-state index contributed by atoms with van der Waals surface area (Å²) in [6.07, 6.45) is 2.22. The Kier molecular flexibility index (Phi) is 4.24. The number of nitrogens with one attached hydrogen (secondary N) is 1. The highest BCUT2D eigenvalue weighted by Crippen LogP contribution is 2.25. The van der Waals surface area contributed by atoms with E-state index < -0.39 is 0 Å². The summed E-state index contributed by atoms with van der Waals surface area (Å²) in [6.45, 7) is 3.16. The van der Waals surface area contributed by atoms with Crippen LogP contribution in [0.25, 0.3) is 10.9 Å². The Morgan fingerprint density at radius 2 is 2.00 bits per heavy atom. The largest absolute Gasteiger partial charge is 0.358 e. The normalized spacial score (nSPS) is 17.1. The van der Waals surface area contributed by atoms with Gasteiger partial charge in [-0.3, -0.25) is 4.79 Å². The van der Waals surface area contributed by atoms with Crippen LogP contribution in [0, 0.1) is 12.7 Å². The molecule has 132 valence electrons. The van der Waals surface area contributed by atoms with Crippen molar-refractivity contribution in [2.24, 2.45) is 0 Å². The molecule has 1 unspecified atom stereocenters. The molecule has 0 radical (unpaired) electrons. The quantitative estimate of drug-likeness (QED) is 0.784. The van der Waals surface area contributed by atoms with Crippen LogP contribution >= 0.6 is 0 Å². The van der Waals surface area contributed by atoms with E-state index in [-0.39, 0.29) is 17.8 Å². The van der Waals surface area contributed by atoms with Gasteiger partial charge in [-0.15, -0.1) is 0 Å². The number of rotatable bonds is 4. The minimum Gasteiger partial charge on any atom is -0.358 e. The molecule has 1 aliphatic heterocycles. The zero-order valence-electron chi connectivity index (χ0n) is 14.4. The Morgan fingerprint density at radius 1 is 1.19 bits per heavy atom. The van der Waals surface area contributed by atoms with E-state index in [0.717, 1.165) is 22.0 Å². The number of hydrogen-bond donors (Lipinski definition) is 1. The molecule has 1 saturated heterocycles. The molecule has 1 aliphatic rings. The number of anilines is 1. The first kappa shape index (κ1) is 16.4. The molecule has 1 amide bonds. The second-order valence-corrected chi connectivity index (χ2v) is 6.56. The smallest absolute Gasteiger partial charge is 0.245 e. The fraction of sp³-hybridized carbons (Fsp3) is 0.250. The summed E-state index contributed by atoms with van der Waals surface area (Å²) in [5.74, 6) is 0.455. The summed E-state index contributed by atoms with van der Waals surface area (Å²) < 4.78 is 13.0. The summed E-state index contributed by atoms with van der Waals surface area (Å²) >= 11 is 0. The zero-order valence-corrected chi connectivity index (χ0v) is 14.4. The number of fused-ring (bicyclic) bond motifs is 1. The van der Waals surface area contributed by atoms with Crippen LogP contribution in [-0.4, -0.2) is 33.4 Å². The van der Waals surface area contributed by atoms with Crippen LogP contribution in [0.2, 0.25) is 0 Å². The Morgan fingerprint density at radius 3 is 2.81 bits per heavy atom. The third kappa shape index (κ3) is 3.10.